The molecule has 1 unspecified atom stereocenters. The Bertz CT molecular complexity index is 588. The third-order valence-corrected chi connectivity index (χ3v) is 4.22. The predicted octanol–water partition coefficient (Wildman–Crippen LogP) is 1.10. The summed E-state index contributed by atoms with van der Waals surface area (Å²) in [5, 5.41) is 9.92. The number of aliphatic hydroxyl groups excluding tert-OH is 1. The van der Waals surface area contributed by atoms with E-state index < -0.39 is 42.5 Å². The summed E-state index contributed by atoms with van der Waals surface area (Å²) < 4.78 is 28.1. The van der Waals surface area contributed by atoms with Crippen LogP contribution in [0, 0.1) is 0 Å². The van der Waals surface area contributed by atoms with E-state index in [-0.39, 0.29) is 6.61 Å². The first-order valence-corrected chi connectivity index (χ1v) is 7.80. The molecule has 1 aromatic carbocycles. The number of aliphatic hydroxyl groups is 1. The lowest BCUT2D eigenvalue weighted by molar-refractivity contribution is -0.261. The molecular formula is C17H22O7. The molecule has 7 heteroatoms. The van der Waals surface area contributed by atoms with Crippen molar-refractivity contribution in [3.8, 4) is 0 Å². The molecule has 1 aromatic rings. The standard InChI is InChI=1S/C17H22O7/c1-16(2)22-12-13(23-16)17(9-18,24-15(12)20-3)10-21-14(19)11-7-5-4-6-8-11/h4-8,12-13,15,18H,9-10H2,1-3H3/t12-,13+,15?,17-/m1/s1. The molecule has 132 valence electrons. The Morgan fingerprint density at radius 3 is 2.54 bits per heavy atom. The predicted molar refractivity (Wildman–Crippen MR) is 82.2 cm³/mol. The Morgan fingerprint density at radius 1 is 1.21 bits per heavy atom. The summed E-state index contributed by atoms with van der Waals surface area (Å²) in [5.41, 5.74) is -0.809. The SMILES string of the molecule is COC1O[C@](CO)(COC(=O)c2ccccc2)[C@H]2OC(C)(C)O[C@@H]12. The lowest BCUT2D eigenvalue weighted by Gasteiger charge is -2.32. The van der Waals surface area contributed by atoms with Gasteiger partial charge in [-0.1, -0.05) is 18.2 Å². The summed E-state index contributed by atoms with van der Waals surface area (Å²) in [4.78, 5) is 12.2. The number of carbonyl (C=O) groups is 1. The fourth-order valence-electron chi connectivity index (χ4n) is 3.08. The zero-order valence-electron chi connectivity index (χ0n) is 13.9. The lowest BCUT2D eigenvalue weighted by Crippen LogP contribution is -2.50. The molecule has 2 fully saturated rings. The first-order valence-electron chi connectivity index (χ1n) is 7.80. The van der Waals surface area contributed by atoms with E-state index >= 15 is 0 Å². The minimum absolute atomic E-state index is 0.169. The number of esters is 1. The Labute approximate surface area is 140 Å². The average molecular weight is 338 g/mol. The van der Waals surface area contributed by atoms with Gasteiger partial charge in [-0.15, -0.1) is 0 Å². The molecule has 0 bridgehead atoms. The van der Waals surface area contributed by atoms with Crippen molar-refractivity contribution in [2.45, 2.75) is 43.7 Å². The maximum absolute atomic E-state index is 12.2. The van der Waals surface area contributed by atoms with E-state index in [0.717, 1.165) is 0 Å². The highest BCUT2D eigenvalue weighted by Crippen LogP contribution is 2.44. The van der Waals surface area contributed by atoms with Crippen molar-refractivity contribution < 1.29 is 33.6 Å². The van der Waals surface area contributed by atoms with E-state index in [1.165, 1.54) is 7.11 Å². The number of ether oxygens (including phenoxy) is 5. The molecule has 1 N–H and O–H groups in total. The maximum Gasteiger partial charge on any atom is 0.338 e. The highest BCUT2D eigenvalue weighted by atomic mass is 16.8. The van der Waals surface area contributed by atoms with Gasteiger partial charge in [-0.25, -0.2) is 4.79 Å². The van der Waals surface area contributed by atoms with Crippen molar-refractivity contribution in [2.75, 3.05) is 20.3 Å². The van der Waals surface area contributed by atoms with Crippen LogP contribution in [0.2, 0.25) is 0 Å². The molecule has 0 radical (unpaired) electrons. The van der Waals surface area contributed by atoms with Crippen molar-refractivity contribution in [2.24, 2.45) is 0 Å². The normalized spacial score (nSPS) is 34.1. The number of methoxy groups -OCH3 is 1. The number of benzene rings is 1. The third kappa shape index (κ3) is 3.05. The highest BCUT2D eigenvalue weighted by Gasteiger charge is 2.63. The number of carbonyl (C=O) groups excluding carboxylic acids is 1. The summed E-state index contributed by atoms with van der Waals surface area (Å²) >= 11 is 0. The Morgan fingerprint density at radius 2 is 1.92 bits per heavy atom. The summed E-state index contributed by atoms with van der Waals surface area (Å²) in [6, 6.07) is 8.62. The largest absolute Gasteiger partial charge is 0.459 e. The van der Waals surface area contributed by atoms with E-state index in [4.69, 9.17) is 23.7 Å². The summed E-state index contributed by atoms with van der Waals surface area (Å²) in [7, 11) is 1.49. The van der Waals surface area contributed by atoms with Gasteiger partial charge in [0.05, 0.1) is 12.2 Å². The van der Waals surface area contributed by atoms with E-state index in [0.29, 0.717) is 5.56 Å². The molecule has 0 aromatic heterocycles. The van der Waals surface area contributed by atoms with E-state index in [1.54, 1.807) is 38.1 Å². The van der Waals surface area contributed by atoms with Gasteiger partial charge in [-0.2, -0.15) is 0 Å². The molecular weight excluding hydrogens is 316 g/mol. The molecule has 2 aliphatic heterocycles. The first-order chi connectivity index (χ1) is 11.4. The zero-order valence-corrected chi connectivity index (χ0v) is 13.9. The van der Waals surface area contributed by atoms with Gasteiger partial charge in [-0.05, 0) is 26.0 Å². The van der Waals surface area contributed by atoms with Gasteiger partial charge in [0.1, 0.15) is 18.8 Å². The first kappa shape index (κ1) is 17.3. The van der Waals surface area contributed by atoms with Crippen molar-refractivity contribution in [3.05, 3.63) is 35.9 Å². The van der Waals surface area contributed by atoms with Crippen LogP contribution in [0.15, 0.2) is 30.3 Å². The van der Waals surface area contributed by atoms with Gasteiger partial charge in [0.15, 0.2) is 17.7 Å². The maximum atomic E-state index is 12.2. The number of rotatable bonds is 5. The van der Waals surface area contributed by atoms with Crippen LogP contribution in [0.4, 0.5) is 0 Å². The fraction of sp³-hybridized carbons (Fsp3) is 0.588. The Hall–Kier alpha value is -1.51. The lowest BCUT2D eigenvalue weighted by atomic mass is 9.97. The monoisotopic (exact) mass is 338 g/mol. The minimum Gasteiger partial charge on any atom is -0.459 e. The summed E-state index contributed by atoms with van der Waals surface area (Å²) in [5.74, 6) is -1.33. The molecule has 7 nitrogen and oxygen atoms in total. The second kappa shape index (κ2) is 6.42. The van der Waals surface area contributed by atoms with Crippen LogP contribution < -0.4 is 0 Å². The van der Waals surface area contributed by atoms with Gasteiger partial charge in [-0.3, -0.25) is 0 Å². The van der Waals surface area contributed by atoms with Crippen LogP contribution in [0.25, 0.3) is 0 Å². The van der Waals surface area contributed by atoms with Gasteiger partial charge in [0.2, 0.25) is 0 Å². The molecule has 3 rings (SSSR count). The van der Waals surface area contributed by atoms with Gasteiger partial charge >= 0.3 is 5.97 Å². The van der Waals surface area contributed by atoms with Gasteiger partial charge in [0.25, 0.3) is 0 Å². The molecule has 0 aliphatic carbocycles. The smallest absolute Gasteiger partial charge is 0.338 e. The second-order valence-electron chi connectivity index (χ2n) is 6.41. The quantitative estimate of drug-likeness (QED) is 0.805. The van der Waals surface area contributed by atoms with Crippen molar-refractivity contribution >= 4 is 5.97 Å². The number of hydrogen-bond acceptors (Lipinski definition) is 7. The van der Waals surface area contributed by atoms with E-state index in [9.17, 15) is 9.90 Å². The zero-order chi connectivity index (χ0) is 17.4. The molecule has 2 heterocycles. The highest BCUT2D eigenvalue weighted by molar-refractivity contribution is 5.89. The molecule has 4 atom stereocenters. The molecule has 24 heavy (non-hydrogen) atoms. The van der Waals surface area contributed by atoms with Crippen LogP contribution >= 0.6 is 0 Å². The van der Waals surface area contributed by atoms with Crippen molar-refractivity contribution in [1.82, 2.24) is 0 Å². The van der Waals surface area contributed by atoms with Gasteiger partial charge in [0, 0.05) is 7.11 Å². The topological polar surface area (TPSA) is 83.5 Å². The van der Waals surface area contributed by atoms with Crippen LogP contribution in [0.5, 0.6) is 0 Å². The molecule has 0 spiro atoms. The Kier molecular flexibility index (Phi) is 4.63. The minimum atomic E-state index is -1.23. The van der Waals surface area contributed by atoms with Gasteiger partial charge < -0.3 is 28.8 Å². The second-order valence-corrected chi connectivity index (χ2v) is 6.41. The summed E-state index contributed by atoms with van der Waals surface area (Å²) in [6.07, 6.45) is -1.82. The fourth-order valence-corrected chi connectivity index (χ4v) is 3.08. The van der Waals surface area contributed by atoms with Crippen LogP contribution in [-0.4, -0.2) is 61.3 Å². The van der Waals surface area contributed by atoms with E-state index in [2.05, 4.69) is 0 Å². The summed E-state index contributed by atoms with van der Waals surface area (Å²) in [6.45, 7) is 2.99. The average Bonchev–Trinajstić information content (AvgIpc) is 3.05. The third-order valence-electron chi connectivity index (χ3n) is 4.22. The molecule has 0 saturated carbocycles. The molecule has 2 aliphatic rings. The molecule has 0 amide bonds. The number of hydrogen-bond donors (Lipinski definition) is 1. The number of fused-ring (bicyclic) bond motifs is 1. The Balaban J connectivity index is 1.75. The van der Waals surface area contributed by atoms with Crippen LogP contribution in [0.3, 0.4) is 0 Å². The van der Waals surface area contributed by atoms with Crippen LogP contribution in [0.1, 0.15) is 24.2 Å². The van der Waals surface area contributed by atoms with Crippen molar-refractivity contribution in [1.29, 1.82) is 0 Å². The van der Waals surface area contributed by atoms with E-state index in [1.807, 2.05) is 6.07 Å². The van der Waals surface area contributed by atoms with Crippen molar-refractivity contribution in [3.63, 3.8) is 0 Å². The molecule has 2 saturated heterocycles. The van der Waals surface area contributed by atoms with Crippen LogP contribution in [-0.2, 0) is 23.7 Å².